The molecule has 1 aliphatic carbocycles. The number of aliphatic carboxylic acids is 1. The molecule has 0 radical (unpaired) electrons. The van der Waals surface area contributed by atoms with E-state index in [1.807, 2.05) is 6.92 Å². The van der Waals surface area contributed by atoms with Gasteiger partial charge < -0.3 is 9.90 Å². The first-order chi connectivity index (χ1) is 7.24. The summed E-state index contributed by atoms with van der Waals surface area (Å²) in [5.74, 6) is -0.945. The Labute approximate surface area is 105 Å². The molecule has 1 saturated carbocycles. The minimum atomic E-state index is -0.945. The van der Waals surface area contributed by atoms with Crippen molar-refractivity contribution < 1.29 is 9.90 Å². The van der Waals surface area contributed by atoms with E-state index in [4.69, 9.17) is 0 Å². The Kier molecular flexibility index (Phi) is 8.67. The molecule has 1 fully saturated rings. The summed E-state index contributed by atoms with van der Waals surface area (Å²) in [5, 5.41) is 10.6. The predicted octanol–water partition coefficient (Wildman–Crippen LogP) is 1.59. The third-order valence-electron chi connectivity index (χ3n) is 3.33. The van der Waals surface area contributed by atoms with E-state index in [1.165, 1.54) is 32.1 Å². The van der Waals surface area contributed by atoms with Crippen molar-refractivity contribution in [3.63, 3.8) is 0 Å². The molecule has 1 aliphatic rings. The lowest BCUT2D eigenvalue weighted by Crippen LogP contribution is -2.43. The summed E-state index contributed by atoms with van der Waals surface area (Å²) in [7, 11) is 0. The van der Waals surface area contributed by atoms with Crippen molar-refractivity contribution in [2.75, 3.05) is 13.1 Å². The lowest BCUT2D eigenvalue weighted by molar-refractivity contribution is -0.306. The van der Waals surface area contributed by atoms with Gasteiger partial charge in [0.05, 0.1) is 5.97 Å². The molecule has 0 aromatic carbocycles. The molecule has 0 unspecified atom stereocenters. The first-order valence-corrected chi connectivity index (χ1v) is 6.18. The third-order valence-corrected chi connectivity index (χ3v) is 3.33. The van der Waals surface area contributed by atoms with E-state index in [9.17, 15) is 9.90 Å². The lowest BCUT2D eigenvalue weighted by atomic mass is 9.95. The second-order valence-corrected chi connectivity index (χ2v) is 4.43. The zero-order chi connectivity index (χ0) is 11.1. The minimum Gasteiger partial charge on any atom is -0.549 e. The molecule has 0 bridgehead atoms. The van der Waals surface area contributed by atoms with Crippen molar-refractivity contribution >= 4 is 18.4 Å². The smallest absolute Gasteiger partial charge is 0.0555 e. The lowest BCUT2D eigenvalue weighted by Gasteiger charge is -2.32. The van der Waals surface area contributed by atoms with Crippen LogP contribution >= 0.6 is 12.4 Å². The number of carbonyl (C=O) groups is 1. The van der Waals surface area contributed by atoms with Crippen LogP contribution in [0.1, 0.15) is 51.9 Å². The summed E-state index contributed by atoms with van der Waals surface area (Å²) in [6.07, 6.45) is 8.75. The van der Waals surface area contributed by atoms with Crippen molar-refractivity contribution in [1.29, 1.82) is 0 Å². The van der Waals surface area contributed by atoms with Crippen LogP contribution in [0.5, 0.6) is 0 Å². The van der Waals surface area contributed by atoms with Crippen LogP contribution in [0.3, 0.4) is 0 Å². The number of carbonyl (C=O) groups excluding carboxylic acids is 1. The standard InChI is InChI=1S/C12H23NO2.ClH/c1-2-13(10-12(14)15)11-8-6-4-3-5-7-9-11;/h11H,2-10H2,1H3,(H,14,15);1H/p-1. The van der Waals surface area contributed by atoms with E-state index in [1.54, 1.807) is 0 Å². The molecule has 0 aromatic heterocycles. The number of halogens is 1. The molecular weight excluding hydrogens is 226 g/mol. The highest BCUT2D eigenvalue weighted by atomic mass is 35.5. The van der Waals surface area contributed by atoms with E-state index < -0.39 is 5.97 Å². The van der Waals surface area contributed by atoms with Crippen molar-refractivity contribution in [3.8, 4) is 0 Å². The Bertz CT molecular complexity index is 191. The van der Waals surface area contributed by atoms with Crippen molar-refractivity contribution in [2.45, 2.75) is 57.9 Å². The molecule has 3 nitrogen and oxygen atoms in total. The summed E-state index contributed by atoms with van der Waals surface area (Å²) in [4.78, 5) is 12.7. The Morgan fingerprint density at radius 2 is 1.69 bits per heavy atom. The van der Waals surface area contributed by atoms with Crippen LogP contribution in [-0.2, 0) is 4.79 Å². The Hall–Kier alpha value is -0.280. The molecule has 0 N–H and O–H groups in total. The Morgan fingerprint density at radius 1 is 1.19 bits per heavy atom. The number of rotatable bonds is 4. The topological polar surface area (TPSA) is 43.4 Å². The van der Waals surface area contributed by atoms with Gasteiger partial charge in [0.25, 0.3) is 0 Å². The van der Waals surface area contributed by atoms with E-state index in [2.05, 4.69) is 4.90 Å². The van der Waals surface area contributed by atoms with Crippen LogP contribution in [-0.4, -0.2) is 30.0 Å². The second kappa shape index (κ2) is 8.82. The summed E-state index contributed by atoms with van der Waals surface area (Å²) in [6.45, 7) is 2.95. The van der Waals surface area contributed by atoms with Crippen LogP contribution in [0, 0.1) is 0 Å². The first kappa shape index (κ1) is 15.7. The number of hydrogen-bond acceptors (Lipinski definition) is 3. The highest BCUT2D eigenvalue weighted by molar-refractivity contribution is 5.85. The van der Waals surface area contributed by atoms with Crippen molar-refractivity contribution in [1.82, 2.24) is 4.90 Å². The molecule has 0 aliphatic heterocycles. The minimum absolute atomic E-state index is 0. The van der Waals surface area contributed by atoms with Gasteiger partial charge in [-0.25, -0.2) is 0 Å². The summed E-state index contributed by atoms with van der Waals surface area (Å²) < 4.78 is 0. The SMILES string of the molecule is CCN(CC(=O)[O-])C1CCCCCCC1.Cl. The van der Waals surface area contributed by atoms with Gasteiger partial charge >= 0.3 is 0 Å². The van der Waals surface area contributed by atoms with Gasteiger partial charge in [-0.1, -0.05) is 39.0 Å². The van der Waals surface area contributed by atoms with Crippen molar-refractivity contribution in [3.05, 3.63) is 0 Å². The molecule has 0 amide bonds. The number of carboxylic acid groups (broad SMARTS) is 1. The maximum absolute atomic E-state index is 10.6. The van der Waals surface area contributed by atoms with Crippen LogP contribution < -0.4 is 5.11 Å². The number of hydrogen-bond donors (Lipinski definition) is 0. The maximum atomic E-state index is 10.6. The normalized spacial score (nSPS) is 18.6. The predicted molar refractivity (Wildman–Crippen MR) is 65.6 cm³/mol. The van der Waals surface area contributed by atoms with Gasteiger partial charge in [0.1, 0.15) is 0 Å². The molecule has 96 valence electrons. The summed E-state index contributed by atoms with van der Waals surface area (Å²) in [5.41, 5.74) is 0. The molecule has 0 atom stereocenters. The Balaban J connectivity index is 0.00000225. The maximum Gasteiger partial charge on any atom is 0.0555 e. The molecule has 1 rings (SSSR count). The van der Waals surface area contributed by atoms with Crippen LogP contribution in [0.2, 0.25) is 0 Å². The second-order valence-electron chi connectivity index (χ2n) is 4.43. The fourth-order valence-corrected chi connectivity index (χ4v) is 2.46. The zero-order valence-corrected chi connectivity index (χ0v) is 10.9. The van der Waals surface area contributed by atoms with Gasteiger partial charge in [-0.05, 0) is 19.4 Å². The van der Waals surface area contributed by atoms with E-state index >= 15 is 0 Å². The molecule has 16 heavy (non-hydrogen) atoms. The van der Waals surface area contributed by atoms with E-state index in [0.29, 0.717) is 6.04 Å². The fraction of sp³-hybridized carbons (Fsp3) is 0.917. The highest BCUT2D eigenvalue weighted by Gasteiger charge is 2.17. The van der Waals surface area contributed by atoms with Gasteiger partial charge in [0.2, 0.25) is 0 Å². The van der Waals surface area contributed by atoms with Crippen LogP contribution in [0.25, 0.3) is 0 Å². The Morgan fingerprint density at radius 3 is 2.12 bits per heavy atom. The molecule has 4 heteroatoms. The van der Waals surface area contributed by atoms with Gasteiger partial charge in [-0.2, -0.15) is 0 Å². The quantitative estimate of drug-likeness (QED) is 0.759. The molecule has 0 spiro atoms. The molecule has 0 aromatic rings. The summed E-state index contributed by atoms with van der Waals surface area (Å²) >= 11 is 0. The number of carboxylic acids is 1. The average molecular weight is 249 g/mol. The van der Waals surface area contributed by atoms with Crippen LogP contribution in [0.4, 0.5) is 0 Å². The molecule has 0 heterocycles. The van der Waals surface area contributed by atoms with E-state index in [0.717, 1.165) is 19.4 Å². The van der Waals surface area contributed by atoms with E-state index in [-0.39, 0.29) is 19.0 Å². The third kappa shape index (κ3) is 5.71. The van der Waals surface area contributed by atoms with Gasteiger partial charge in [0.15, 0.2) is 0 Å². The monoisotopic (exact) mass is 248 g/mol. The first-order valence-electron chi connectivity index (χ1n) is 6.18. The number of nitrogens with zero attached hydrogens (tertiary/aromatic N) is 1. The van der Waals surface area contributed by atoms with Crippen LogP contribution in [0.15, 0.2) is 0 Å². The van der Waals surface area contributed by atoms with Gasteiger partial charge in [-0.3, -0.25) is 4.90 Å². The summed E-state index contributed by atoms with van der Waals surface area (Å²) in [6, 6.07) is 0.466. The van der Waals surface area contributed by atoms with Gasteiger partial charge in [0, 0.05) is 12.6 Å². The average Bonchev–Trinajstić information content (AvgIpc) is 2.14. The number of likely N-dealkylation sites (N-methyl/N-ethyl adjacent to an activating group) is 1. The largest absolute Gasteiger partial charge is 0.549 e. The highest BCUT2D eigenvalue weighted by Crippen LogP contribution is 2.20. The zero-order valence-electron chi connectivity index (χ0n) is 10.1. The van der Waals surface area contributed by atoms with Crippen molar-refractivity contribution in [2.24, 2.45) is 0 Å². The molecule has 0 saturated heterocycles. The molecular formula is C12H23ClNO2-. The fourth-order valence-electron chi connectivity index (χ4n) is 2.46. The van der Waals surface area contributed by atoms with Gasteiger partial charge in [-0.15, -0.1) is 12.4 Å².